The molecule has 118 valence electrons. The molecule has 4 nitrogen and oxygen atoms in total. The lowest BCUT2D eigenvalue weighted by atomic mass is 9.89. The molecule has 0 aromatic heterocycles. The SMILES string of the molecule is CC1CCC(OCC(O)CNC2(C)CCOCC2)CC1. The van der Waals surface area contributed by atoms with Gasteiger partial charge >= 0.3 is 0 Å². The van der Waals surface area contributed by atoms with Gasteiger partial charge in [-0.05, 0) is 51.4 Å². The summed E-state index contributed by atoms with van der Waals surface area (Å²) in [7, 11) is 0. The lowest BCUT2D eigenvalue weighted by Gasteiger charge is -2.35. The van der Waals surface area contributed by atoms with Crippen molar-refractivity contribution >= 4 is 0 Å². The minimum Gasteiger partial charge on any atom is -0.389 e. The van der Waals surface area contributed by atoms with Gasteiger partial charge in [0.05, 0.1) is 18.8 Å². The molecule has 1 atom stereocenters. The number of rotatable bonds is 6. The fourth-order valence-electron chi connectivity index (χ4n) is 3.07. The van der Waals surface area contributed by atoms with Crippen LogP contribution in [0.5, 0.6) is 0 Å². The summed E-state index contributed by atoms with van der Waals surface area (Å²) in [4.78, 5) is 0. The van der Waals surface area contributed by atoms with Gasteiger partial charge < -0.3 is 19.9 Å². The molecule has 2 aliphatic rings. The summed E-state index contributed by atoms with van der Waals surface area (Å²) in [6, 6.07) is 0. The third-order valence-corrected chi connectivity index (χ3v) is 4.85. The maximum absolute atomic E-state index is 10.1. The standard InChI is InChI=1S/C16H31NO3/c1-13-3-5-15(6-4-13)20-12-14(18)11-17-16(2)7-9-19-10-8-16/h13-15,17-18H,3-12H2,1-2H3. The lowest BCUT2D eigenvalue weighted by Crippen LogP contribution is -2.50. The Morgan fingerprint density at radius 2 is 1.90 bits per heavy atom. The van der Waals surface area contributed by atoms with E-state index >= 15 is 0 Å². The van der Waals surface area contributed by atoms with Gasteiger partial charge in [0.25, 0.3) is 0 Å². The molecule has 1 aliphatic heterocycles. The molecule has 0 aromatic carbocycles. The van der Waals surface area contributed by atoms with Gasteiger partial charge in [0.2, 0.25) is 0 Å². The predicted molar refractivity (Wildman–Crippen MR) is 79.8 cm³/mol. The first-order valence-corrected chi connectivity index (χ1v) is 8.20. The fraction of sp³-hybridized carbons (Fsp3) is 1.00. The van der Waals surface area contributed by atoms with Crippen molar-refractivity contribution in [2.45, 2.75) is 70.1 Å². The number of nitrogens with one attached hydrogen (secondary N) is 1. The van der Waals surface area contributed by atoms with Crippen LogP contribution in [0.3, 0.4) is 0 Å². The largest absolute Gasteiger partial charge is 0.389 e. The Hall–Kier alpha value is -0.160. The fourth-order valence-corrected chi connectivity index (χ4v) is 3.07. The highest BCUT2D eigenvalue weighted by Gasteiger charge is 2.27. The molecular weight excluding hydrogens is 254 g/mol. The molecule has 0 aromatic rings. The van der Waals surface area contributed by atoms with E-state index in [1.54, 1.807) is 0 Å². The molecule has 0 radical (unpaired) electrons. The molecular formula is C16H31NO3. The highest BCUT2D eigenvalue weighted by Crippen LogP contribution is 2.25. The molecule has 1 heterocycles. The van der Waals surface area contributed by atoms with E-state index in [4.69, 9.17) is 9.47 Å². The second-order valence-electron chi connectivity index (χ2n) is 6.92. The average Bonchev–Trinajstić information content (AvgIpc) is 2.45. The van der Waals surface area contributed by atoms with Crippen LogP contribution in [0.4, 0.5) is 0 Å². The zero-order chi connectivity index (χ0) is 14.4. The normalized spacial score (nSPS) is 31.9. The number of β-amino-alcohol motifs (C(OH)–C–C–N with tert-alkyl or cyclic N) is 1. The predicted octanol–water partition coefficient (Wildman–Crippen LogP) is 2.10. The van der Waals surface area contributed by atoms with E-state index in [1.165, 1.54) is 12.8 Å². The summed E-state index contributed by atoms with van der Waals surface area (Å²) in [5.41, 5.74) is 0.111. The second kappa shape index (κ2) is 7.74. The summed E-state index contributed by atoms with van der Waals surface area (Å²) >= 11 is 0. The highest BCUT2D eigenvalue weighted by molar-refractivity contribution is 4.86. The van der Waals surface area contributed by atoms with E-state index in [-0.39, 0.29) is 5.54 Å². The minimum atomic E-state index is -0.408. The molecule has 0 spiro atoms. The monoisotopic (exact) mass is 285 g/mol. The van der Waals surface area contributed by atoms with Crippen LogP contribution < -0.4 is 5.32 Å². The molecule has 4 heteroatoms. The Bertz CT molecular complexity index is 271. The molecule has 20 heavy (non-hydrogen) atoms. The first-order valence-electron chi connectivity index (χ1n) is 8.20. The lowest BCUT2D eigenvalue weighted by molar-refractivity contribution is -0.0322. The molecule has 2 N–H and O–H groups in total. The zero-order valence-corrected chi connectivity index (χ0v) is 13.1. The first kappa shape index (κ1) is 16.2. The number of aliphatic hydroxyl groups excluding tert-OH is 1. The number of ether oxygens (including phenoxy) is 2. The van der Waals surface area contributed by atoms with Gasteiger partial charge in [0.15, 0.2) is 0 Å². The maximum Gasteiger partial charge on any atom is 0.0898 e. The minimum absolute atomic E-state index is 0.111. The van der Waals surface area contributed by atoms with E-state index < -0.39 is 6.10 Å². The van der Waals surface area contributed by atoms with Gasteiger partial charge in [-0.25, -0.2) is 0 Å². The third-order valence-electron chi connectivity index (χ3n) is 4.85. The Morgan fingerprint density at radius 1 is 1.25 bits per heavy atom. The summed E-state index contributed by atoms with van der Waals surface area (Å²) in [6.45, 7) is 7.22. The molecule has 1 unspecified atom stereocenters. The molecule has 2 fully saturated rings. The van der Waals surface area contributed by atoms with Crippen molar-refractivity contribution in [3.8, 4) is 0 Å². The van der Waals surface area contributed by atoms with Gasteiger partial charge in [0.1, 0.15) is 0 Å². The van der Waals surface area contributed by atoms with Crippen LogP contribution in [0, 0.1) is 5.92 Å². The van der Waals surface area contributed by atoms with Gasteiger partial charge in [-0.1, -0.05) is 6.92 Å². The van der Waals surface area contributed by atoms with E-state index in [1.807, 2.05) is 0 Å². The Labute approximate surface area is 123 Å². The number of hydrogen-bond acceptors (Lipinski definition) is 4. The van der Waals surface area contributed by atoms with E-state index in [9.17, 15) is 5.11 Å². The smallest absolute Gasteiger partial charge is 0.0898 e. The number of aliphatic hydroxyl groups is 1. The molecule has 0 bridgehead atoms. The van der Waals surface area contributed by atoms with Crippen molar-refractivity contribution < 1.29 is 14.6 Å². The molecule has 1 aliphatic carbocycles. The van der Waals surface area contributed by atoms with E-state index in [0.717, 1.165) is 44.8 Å². The average molecular weight is 285 g/mol. The Kier molecular flexibility index (Phi) is 6.27. The Morgan fingerprint density at radius 3 is 2.55 bits per heavy atom. The highest BCUT2D eigenvalue weighted by atomic mass is 16.5. The van der Waals surface area contributed by atoms with E-state index in [2.05, 4.69) is 19.2 Å². The first-order chi connectivity index (χ1) is 9.57. The molecule has 2 rings (SSSR count). The van der Waals surface area contributed by atoms with Crippen LogP contribution in [-0.4, -0.2) is 49.2 Å². The van der Waals surface area contributed by atoms with Crippen molar-refractivity contribution in [3.05, 3.63) is 0 Å². The Balaban J connectivity index is 1.59. The van der Waals surface area contributed by atoms with Crippen LogP contribution >= 0.6 is 0 Å². The van der Waals surface area contributed by atoms with Gasteiger partial charge in [-0.15, -0.1) is 0 Å². The van der Waals surface area contributed by atoms with Crippen molar-refractivity contribution in [1.29, 1.82) is 0 Å². The molecule has 0 amide bonds. The van der Waals surface area contributed by atoms with Crippen LogP contribution in [-0.2, 0) is 9.47 Å². The van der Waals surface area contributed by atoms with Crippen molar-refractivity contribution in [1.82, 2.24) is 5.32 Å². The summed E-state index contributed by atoms with van der Waals surface area (Å²) in [6.07, 6.45) is 6.80. The maximum atomic E-state index is 10.1. The zero-order valence-electron chi connectivity index (χ0n) is 13.1. The van der Waals surface area contributed by atoms with Crippen molar-refractivity contribution in [3.63, 3.8) is 0 Å². The van der Waals surface area contributed by atoms with Gasteiger partial charge in [-0.3, -0.25) is 0 Å². The number of hydrogen-bond donors (Lipinski definition) is 2. The van der Waals surface area contributed by atoms with Crippen molar-refractivity contribution in [2.75, 3.05) is 26.4 Å². The molecule has 1 saturated carbocycles. The van der Waals surface area contributed by atoms with Gasteiger partial charge in [0, 0.05) is 25.3 Å². The topological polar surface area (TPSA) is 50.7 Å². The van der Waals surface area contributed by atoms with Crippen LogP contribution in [0.25, 0.3) is 0 Å². The van der Waals surface area contributed by atoms with Crippen LogP contribution in [0.1, 0.15) is 52.4 Å². The van der Waals surface area contributed by atoms with Crippen LogP contribution in [0.15, 0.2) is 0 Å². The van der Waals surface area contributed by atoms with Crippen molar-refractivity contribution in [2.24, 2.45) is 5.92 Å². The quantitative estimate of drug-likeness (QED) is 0.785. The van der Waals surface area contributed by atoms with Gasteiger partial charge in [-0.2, -0.15) is 0 Å². The third kappa shape index (κ3) is 5.32. The summed E-state index contributed by atoms with van der Waals surface area (Å²) in [5.74, 6) is 0.843. The van der Waals surface area contributed by atoms with Crippen LogP contribution in [0.2, 0.25) is 0 Å². The summed E-state index contributed by atoms with van der Waals surface area (Å²) < 4.78 is 11.2. The summed E-state index contributed by atoms with van der Waals surface area (Å²) in [5, 5.41) is 13.5. The molecule has 1 saturated heterocycles. The second-order valence-corrected chi connectivity index (χ2v) is 6.92. The van der Waals surface area contributed by atoms with E-state index in [0.29, 0.717) is 19.3 Å².